The van der Waals surface area contributed by atoms with Crippen molar-refractivity contribution in [3.63, 3.8) is 0 Å². The molecule has 9 heteroatoms. The molecule has 0 spiro atoms. The molecule has 3 rings (SSSR count). The Kier molecular flexibility index (Phi) is 5.88. The number of likely N-dealkylation sites (tertiary alicyclic amines) is 1. The van der Waals surface area contributed by atoms with E-state index in [4.69, 9.17) is 0 Å². The van der Waals surface area contributed by atoms with E-state index in [2.05, 4.69) is 14.9 Å². The van der Waals surface area contributed by atoms with Crippen molar-refractivity contribution in [2.45, 2.75) is 45.1 Å². The van der Waals surface area contributed by atoms with E-state index in [9.17, 15) is 23.1 Å². The Morgan fingerprint density at radius 1 is 1.24 bits per heavy atom. The molecule has 1 aromatic carbocycles. The zero-order valence-corrected chi connectivity index (χ0v) is 16.3. The highest BCUT2D eigenvalue weighted by Gasteiger charge is 2.31. The summed E-state index contributed by atoms with van der Waals surface area (Å²) < 4.78 is 40.6. The average Bonchev–Trinajstić information content (AvgIpc) is 3.10. The Bertz CT molecular complexity index is 833. The largest absolute Gasteiger partial charge is 0.573 e. The standard InChI is InChI=1S/C20H24F3N3O3/c1-19(2,28)12-13-7-9-26(10-8-13)18(27)17-11-16(24-25-17)14-3-5-15(6-4-14)29-20(21,22)23/h3-6,11,13,28H,7-10,12H2,1-2H3,(H,24,25). The molecule has 1 aromatic heterocycles. The molecule has 0 atom stereocenters. The number of ether oxygens (including phenoxy) is 1. The number of aliphatic hydroxyl groups is 1. The topological polar surface area (TPSA) is 78.4 Å². The Morgan fingerprint density at radius 3 is 2.41 bits per heavy atom. The van der Waals surface area contributed by atoms with Crippen LogP contribution < -0.4 is 4.74 Å². The fraction of sp³-hybridized carbons (Fsp3) is 0.500. The first-order chi connectivity index (χ1) is 13.5. The van der Waals surface area contributed by atoms with Gasteiger partial charge in [0.15, 0.2) is 0 Å². The molecule has 1 aliphatic heterocycles. The lowest BCUT2D eigenvalue weighted by Gasteiger charge is -2.34. The number of rotatable bonds is 5. The molecule has 1 amide bonds. The van der Waals surface area contributed by atoms with E-state index in [1.54, 1.807) is 24.8 Å². The average molecular weight is 411 g/mol. The van der Waals surface area contributed by atoms with Gasteiger partial charge in [-0.1, -0.05) is 0 Å². The molecular formula is C20H24F3N3O3. The Balaban J connectivity index is 1.61. The number of piperidine rings is 1. The van der Waals surface area contributed by atoms with E-state index in [0.29, 0.717) is 42.4 Å². The van der Waals surface area contributed by atoms with Crippen LogP contribution in [0.2, 0.25) is 0 Å². The maximum Gasteiger partial charge on any atom is 0.573 e. The lowest BCUT2D eigenvalue weighted by molar-refractivity contribution is -0.274. The van der Waals surface area contributed by atoms with Crippen molar-refractivity contribution in [1.29, 1.82) is 0 Å². The minimum absolute atomic E-state index is 0.164. The molecule has 1 aliphatic rings. The fourth-order valence-corrected chi connectivity index (χ4v) is 3.62. The van der Waals surface area contributed by atoms with Gasteiger partial charge in [-0.15, -0.1) is 13.2 Å². The van der Waals surface area contributed by atoms with Gasteiger partial charge in [0.25, 0.3) is 5.91 Å². The lowest BCUT2D eigenvalue weighted by Crippen LogP contribution is -2.40. The van der Waals surface area contributed by atoms with Crippen LogP contribution in [0.5, 0.6) is 5.75 Å². The molecule has 29 heavy (non-hydrogen) atoms. The first-order valence-corrected chi connectivity index (χ1v) is 9.43. The first kappa shape index (κ1) is 21.2. The molecule has 0 aliphatic carbocycles. The Labute approximate surface area is 166 Å². The van der Waals surface area contributed by atoms with Crippen LogP contribution in [0.1, 0.15) is 43.6 Å². The van der Waals surface area contributed by atoms with E-state index in [1.807, 2.05) is 0 Å². The van der Waals surface area contributed by atoms with Crippen molar-refractivity contribution in [1.82, 2.24) is 15.1 Å². The first-order valence-electron chi connectivity index (χ1n) is 9.43. The van der Waals surface area contributed by atoms with Crippen molar-refractivity contribution >= 4 is 5.91 Å². The van der Waals surface area contributed by atoms with Gasteiger partial charge >= 0.3 is 6.36 Å². The van der Waals surface area contributed by atoms with Gasteiger partial charge in [0, 0.05) is 18.7 Å². The third-order valence-corrected chi connectivity index (χ3v) is 4.88. The summed E-state index contributed by atoms with van der Waals surface area (Å²) in [5, 5.41) is 16.8. The highest BCUT2D eigenvalue weighted by atomic mass is 19.4. The zero-order valence-electron chi connectivity index (χ0n) is 16.3. The molecule has 0 bridgehead atoms. The molecule has 2 N–H and O–H groups in total. The van der Waals surface area contributed by atoms with E-state index in [1.165, 1.54) is 24.3 Å². The maximum atomic E-state index is 12.7. The van der Waals surface area contributed by atoms with Gasteiger partial charge in [-0.2, -0.15) is 5.10 Å². The van der Waals surface area contributed by atoms with Gasteiger partial charge in [-0.05, 0) is 69.4 Å². The van der Waals surface area contributed by atoms with E-state index in [-0.39, 0.29) is 11.7 Å². The van der Waals surface area contributed by atoms with Crippen LogP contribution in [0.4, 0.5) is 13.2 Å². The SMILES string of the molecule is CC(C)(O)CC1CCN(C(=O)c2cc(-c3ccc(OC(F)(F)F)cc3)n[nH]2)CC1. The third-order valence-electron chi connectivity index (χ3n) is 4.88. The Hall–Kier alpha value is -2.55. The number of nitrogens with one attached hydrogen (secondary N) is 1. The number of carbonyl (C=O) groups excluding carboxylic acids is 1. The van der Waals surface area contributed by atoms with Gasteiger partial charge in [0.2, 0.25) is 0 Å². The monoisotopic (exact) mass is 411 g/mol. The summed E-state index contributed by atoms with van der Waals surface area (Å²) in [6.07, 6.45) is -2.38. The predicted molar refractivity (Wildman–Crippen MR) is 100 cm³/mol. The zero-order chi connectivity index (χ0) is 21.2. The van der Waals surface area contributed by atoms with Gasteiger partial charge < -0.3 is 14.7 Å². The second-order valence-corrected chi connectivity index (χ2v) is 7.99. The van der Waals surface area contributed by atoms with Gasteiger partial charge in [-0.25, -0.2) is 0 Å². The number of halogens is 3. The van der Waals surface area contributed by atoms with E-state index < -0.39 is 12.0 Å². The molecule has 0 radical (unpaired) electrons. The normalized spacial score (nSPS) is 16.1. The second kappa shape index (κ2) is 8.06. The van der Waals surface area contributed by atoms with Crippen molar-refractivity contribution in [2.75, 3.05) is 13.1 Å². The van der Waals surface area contributed by atoms with Gasteiger partial charge in [-0.3, -0.25) is 9.89 Å². The van der Waals surface area contributed by atoms with Crippen LogP contribution in [-0.4, -0.2) is 51.2 Å². The Morgan fingerprint density at radius 2 is 1.86 bits per heavy atom. The third kappa shape index (κ3) is 5.96. The molecule has 2 heterocycles. The minimum Gasteiger partial charge on any atom is -0.406 e. The van der Waals surface area contributed by atoms with Crippen molar-refractivity contribution in [3.8, 4) is 17.0 Å². The maximum absolute atomic E-state index is 12.7. The smallest absolute Gasteiger partial charge is 0.406 e. The summed E-state index contributed by atoms with van der Waals surface area (Å²) in [4.78, 5) is 14.5. The van der Waals surface area contributed by atoms with E-state index in [0.717, 1.165) is 12.8 Å². The van der Waals surface area contributed by atoms with Gasteiger partial charge in [0.05, 0.1) is 11.3 Å². The summed E-state index contributed by atoms with van der Waals surface area (Å²) in [6, 6.07) is 6.89. The molecule has 1 fully saturated rings. The number of aromatic amines is 1. The number of H-pyrrole nitrogens is 1. The summed E-state index contributed by atoms with van der Waals surface area (Å²) in [7, 11) is 0. The van der Waals surface area contributed by atoms with Crippen LogP contribution >= 0.6 is 0 Å². The van der Waals surface area contributed by atoms with Crippen molar-refractivity contribution in [2.24, 2.45) is 5.92 Å². The van der Waals surface area contributed by atoms with Crippen LogP contribution in [-0.2, 0) is 0 Å². The van der Waals surface area contributed by atoms with Crippen LogP contribution in [0.15, 0.2) is 30.3 Å². The molecule has 0 saturated carbocycles. The molecule has 0 unspecified atom stereocenters. The number of carbonyl (C=O) groups is 1. The highest BCUT2D eigenvalue weighted by Crippen LogP contribution is 2.28. The second-order valence-electron chi connectivity index (χ2n) is 7.99. The molecule has 1 saturated heterocycles. The summed E-state index contributed by atoms with van der Waals surface area (Å²) in [5.41, 5.74) is 0.648. The quantitative estimate of drug-likeness (QED) is 0.780. The number of hydrogen-bond acceptors (Lipinski definition) is 4. The number of aromatic nitrogens is 2. The predicted octanol–water partition coefficient (Wildman–Crippen LogP) is 3.99. The number of hydrogen-bond donors (Lipinski definition) is 2. The van der Waals surface area contributed by atoms with Crippen LogP contribution in [0.3, 0.4) is 0 Å². The summed E-state index contributed by atoms with van der Waals surface area (Å²) in [6.45, 7) is 4.80. The van der Waals surface area contributed by atoms with Crippen molar-refractivity contribution < 1.29 is 27.8 Å². The molecule has 158 valence electrons. The molecule has 2 aromatic rings. The summed E-state index contributed by atoms with van der Waals surface area (Å²) >= 11 is 0. The lowest BCUT2D eigenvalue weighted by atomic mass is 9.86. The van der Waals surface area contributed by atoms with Crippen LogP contribution in [0, 0.1) is 5.92 Å². The van der Waals surface area contributed by atoms with Crippen molar-refractivity contribution in [3.05, 3.63) is 36.0 Å². The summed E-state index contributed by atoms with van der Waals surface area (Å²) in [5.74, 6) is -0.0988. The van der Waals surface area contributed by atoms with Crippen LogP contribution in [0.25, 0.3) is 11.3 Å². The number of nitrogens with zero attached hydrogens (tertiary/aromatic N) is 2. The minimum atomic E-state index is -4.74. The molecular weight excluding hydrogens is 387 g/mol. The number of amides is 1. The van der Waals surface area contributed by atoms with E-state index >= 15 is 0 Å². The highest BCUT2D eigenvalue weighted by molar-refractivity contribution is 5.93. The molecule has 6 nitrogen and oxygen atoms in total. The number of alkyl halides is 3. The van der Waals surface area contributed by atoms with Gasteiger partial charge in [0.1, 0.15) is 11.4 Å². The number of benzene rings is 1. The fourth-order valence-electron chi connectivity index (χ4n) is 3.62.